The zero-order valence-corrected chi connectivity index (χ0v) is 10.5. The number of amides is 1. The molecule has 3 N–H and O–H groups in total. The molecule has 18 heavy (non-hydrogen) atoms. The summed E-state index contributed by atoms with van der Waals surface area (Å²) in [6.07, 6.45) is 2.12. The molecule has 96 valence electrons. The van der Waals surface area contributed by atoms with Gasteiger partial charge in [0.1, 0.15) is 16.7 Å². The number of nitrogens with one attached hydrogen (secondary N) is 2. The van der Waals surface area contributed by atoms with Crippen LogP contribution in [0.1, 0.15) is 21.5 Å². The SMILES string of the molecule is CNc1ncc(C(=O)NCC(O)c2ccco2)s1. The molecule has 0 aliphatic heterocycles. The van der Waals surface area contributed by atoms with Crippen molar-refractivity contribution >= 4 is 22.4 Å². The van der Waals surface area contributed by atoms with E-state index in [0.29, 0.717) is 15.8 Å². The number of aliphatic hydroxyl groups is 1. The summed E-state index contributed by atoms with van der Waals surface area (Å²) < 4.78 is 5.03. The van der Waals surface area contributed by atoms with Crippen LogP contribution in [0.2, 0.25) is 0 Å². The molecule has 0 bridgehead atoms. The number of hydrogen-bond donors (Lipinski definition) is 3. The van der Waals surface area contributed by atoms with Gasteiger partial charge in [-0.3, -0.25) is 4.79 Å². The molecule has 0 radical (unpaired) electrons. The van der Waals surface area contributed by atoms with Crippen LogP contribution in [0.15, 0.2) is 29.0 Å². The van der Waals surface area contributed by atoms with Crippen LogP contribution in [-0.4, -0.2) is 29.6 Å². The Labute approximate surface area is 108 Å². The van der Waals surface area contributed by atoms with E-state index in [-0.39, 0.29) is 12.5 Å². The smallest absolute Gasteiger partial charge is 0.263 e. The maximum atomic E-state index is 11.7. The minimum atomic E-state index is -0.847. The van der Waals surface area contributed by atoms with Crippen molar-refractivity contribution in [2.24, 2.45) is 0 Å². The summed E-state index contributed by atoms with van der Waals surface area (Å²) in [6, 6.07) is 3.34. The van der Waals surface area contributed by atoms with Crippen molar-refractivity contribution in [2.75, 3.05) is 18.9 Å². The van der Waals surface area contributed by atoms with E-state index < -0.39 is 6.10 Å². The molecule has 1 unspecified atom stereocenters. The molecule has 2 rings (SSSR count). The van der Waals surface area contributed by atoms with E-state index >= 15 is 0 Å². The molecule has 1 amide bonds. The quantitative estimate of drug-likeness (QED) is 0.758. The van der Waals surface area contributed by atoms with Crippen LogP contribution in [0.25, 0.3) is 0 Å². The molecular weight excluding hydrogens is 254 g/mol. The average molecular weight is 267 g/mol. The summed E-state index contributed by atoms with van der Waals surface area (Å²) in [5.74, 6) is 0.162. The summed E-state index contributed by atoms with van der Waals surface area (Å²) in [6.45, 7) is 0.0964. The van der Waals surface area contributed by atoms with Crippen molar-refractivity contribution in [2.45, 2.75) is 6.10 Å². The third-order valence-electron chi connectivity index (χ3n) is 2.27. The zero-order valence-electron chi connectivity index (χ0n) is 9.71. The first-order valence-electron chi connectivity index (χ1n) is 5.34. The van der Waals surface area contributed by atoms with Gasteiger partial charge < -0.3 is 20.2 Å². The fraction of sp³-hybridized carbons (Fsp3) is 0.273. The lowest BCUT2D eigenvalue weighted by Crippen LogP contribution is -2.27. The molecule has 0 fully saturated rings. The molecule has 2 heterocycles. The van der Waals surface area contributed by atoms with E-state index in [0.717, 1.165) is 0 Å². The molecule has 0 spiro atoms. The Morgan fingerprint density at radius 2 is 2.50 bits per heavy atom. The number of carbonyl (C=O) groups is 1. The average Bonchev–Trinajstić information content (AvgIpc) is 3.05. The second kappa shape index (κ2) is 5.65. The molecule has 2 aromatic heterocycles. The number of aliphatic hydroxyl groups excluding tert-OH is 1. The minimum Gasteiger partial charge on any atom is -0.467 e. The van der Waals surface area contributed by atoms with Gasteiger partial charge in [-0.05, 0) is 12.1 Å². The lowest BCUT2D eigenvalue weighted by molar-refractivity contribution is 0.0905. The molecule has 1 atom stereocenters. The molecule has 6 nitrogen and oxygen atoms in total. The topological polar surface area (TPSA) is 87.4 Å². The summed E-state index contributed by atoms with van der Waals surface area (Å²) in [4.78, 5) is 16.2. The number of anilines is 1. The highest BCUT2D eigenvalue weighted by Gasteiger charge is 2.14. The summed E-state index contributed by atoms with van der Waals surface area (Å²) in [5.41, 5.74) is 0. The number of furan rings is 1. The van der Waals surface area contributed by atoms with Crippen LogP contribution in [0.3, 0.4) is 0 Å². The van der Waals surface area contributed by atoms with Gasteiger partial charge >= 0.3 is 0 Å². The zero-order chi connectivity index (χ0) is 13.0. The van der Waals surface area contributed by atoms with Crippen LogP contribution < -0.4 is 10.6 Å². The van der Waals surface area contributed by atoms with Gasteiger partial charge in [-0.1, -0.05) is 11.3 Å². The van der Waals surface area contributed by atoms with E-state index in [2.05, 4.69) is 15.6 Å². The first-order valence-corrected chi connectivity index (χ1v) is 6.15. The standard InChI is InChI=1S/C11H13N3O3S/c1-12-11-14-6-9(18-11)10(16)13-5-7(15)8-3-2-4-17-8/h2-4,6-7,15H,5H2,1H3,(H,12,14)(H,13,16). The first kappa shape index (κ1) is 12.6. The van der Waals surface area contributed by atoms with Gasteiger partial charge in [0.2, 0.25) is 0 Å². The van der Waals surface area contributed by atoms with Crippen molar-refractivity contribution in [1.82, 2.24) is 10.3 Å². The van der Waals surface area contributed by atoms with Gasteiger partial charge in [0, 0.05) is 7.05 Å². The van der Waals surface area contributed by atoms with Crippen molar-refractivity contribution in [3.05, 3.63) is 35.2 Å². The van der Waals surface area contributed by atoms with Gasteiger partial charge in [-0.15, -0.1) is 0 Å². The number of aromatic nitrogens is 1. The Hall–Kier alpha value is -1.86. The molecular formula is C11H13N3O3S. The Bertz CT molecular complexity index is 509. The van der Waals surface area contributed by atoms with Gasteiger partial charge in [-0.25, -0.2) is 4.98 Å². The van der Waals surface area contributed by atoms with E-state index in [1.807, 2.05) is 0 Å². The third kappa shape index (κ3) is 2.88. The fourth-order valence-electron chi connectivity index (χ4n) is 1.35. The second-order valence-corrected chi connectivity index (χ2v) is 4.55. The normalized spacial score (nSPS) is 12.1. The van der Waals surface area contributed by atoms with Crippen LogP contribution >= 0.6 is 11.3 Å². The van der Waals surface area contributed by atoms with Crippen LogP contribution in [-0.2, 0) is 0 Å². The first-order chi connectivity index (χ1) is 8.70. The monoisotopic (exact) mass is 267 g/mol. The van der Waals surface area contributed by atoms with E-state index in [9.17, 15) is 9.90 Å². The molecule has 0 saturated heterocycles. The van der Waals surface area contributed by atoms with Crippen molar-refractivity contribution in [1.29, 1.82) is 0 Å². The summed E-state index contributed by atoms with van der Waals surface area (Å²) in [5, 5.41) is 15.9. The Morgan fingerprint density at radius 3 is 3.11 bits per heavy atom. The van der Waals surface area contributed by atoms with Gasteiger partial charge in [0.25, 0.3) is 5.91 Å². The highest BCUT2D eigenvalue weighted by molar-refractivity contribution is 7.17. The largest absolute Gasteiger partial charge is 0.467 e. The van der Waals surface area contributed by atoms with Crippen molar-refractivity contribution in [3.63, 3.8) is 0 Å². The van der Waals surface area contributed by atoms with Crippen molar-refractivity contribution < 1.29 is 14.3 Å². The van der Waals surface area contributed by atoms with Gasteiger partial charge in [0.15, 0.2) is 5.13 Å². The van der Waals surface area contributed by atoms with E-state index in [4.69, 9.17) is 4.42 Å². The van der Waals surface area contributed by atoms with E-state index in [1.54, 1.807) is 19.2 Å². The third-order valence-corrected chi connectivity index (χ3v) is 3.28. The Morgan fingerprint density at radius 1 is 1.67 bits per heavy atom. The Balaban J connectivity index is 1.88. The number of thiazole rings is 1. The maximum absolute atomic E-state index is 11.7. The second-order valence-electron chi connectivity index (χ2n) is 3.52. The molecule has 0 aliphatic rings. The van der Waals surface area contributed by atoms with Crippen molar-refractivity contribution in [3.8, 4) is 0 Å². The lowest BCUT2D eigenvalue weighted by atomic mass is 10.3. The number of nitrogens with zero attached hydrogens (tertiary/aromatic N) is 1. The highest BCUT2D eigenvalue weighted by Crippen LogP contribution is 2.17. The fourth-order valence-corrected chi connectivity index (χ4v) is 2.04. The van der Waals surface area contributed by atoms with Crippen LogP contribution in [0.5, 0.6) is 0 Å². The van der Waals surface area contributed by atoms with E-state index in [1.165, 1.54) is 23.8 Å². The predicted octanol–water partition coefficient (Wildman–Crippen LogP) is 1.24. The van der Waals surface area contributed by atoms with Crippen LogP contribution in [0, 0.1) is 0 Å². The summed E-state index contributed by atoms with van der Waals surface area (Å²) >= 11 is 1.25. The predicted molar refractivity (Wildman–Crippen MR) is 67.7 cm³/mol. The maximum Gasteiger partial charge on any atom is 0.263 e. The Kier molecular flexibility index (Phi) is 3.96. The molecule has 0 aromatic carbocycles. The molecule has 7 heteroatoms. The highest BCUT2D eigenvalue weighted by atomic mass is 32.1. The minimum absolute atomic E-state index is 0.0964. The number of hydrogen-bond acceptors (Lipinski definition) is 6. The molecule has 2 aromatic rings. The van der Waals surface area contributed by atoms with Crippen LogP contribution in [0.4, 0.5) is 5.13 Å². The lowest BCUT2D eigenvalue weighted by Gasteiger charge is -2.08. The van der Waals surface area contributed by atoms with Gasteiger partial charge in [-0.2, -0.15) is 0 Å². The number of carbonyl (C=O) groups excluding carboxylic acids is 1. The molecule has 0 saturated carbocycles. The van der Waals surface area contributed by atoms with Gasteiger partial charge in [0.05, 0.1) is 19.0 Å². The summed E-state index contributed by atoms with van der Waals surface area (Å²) in [7, 11) is 1.74. The number of rotatable bonds is 5. The molecule has 0 aliphatic carbocycles.